The molecule has 1 aromatic rings. The molecule has 2 rings (SSSR count). The first-order valence-electron chi connectivity index (χ1n) is 11.1. The molecule has 0 aliphatic carbocycles. The fourth-order valence-corrected chi connectivity index (χ4v) is 4.82. The van der Waals surface area contributed by atoms with Gasteiger partial charge in [0.1, 0.15) is 11.6 Å². The predicted octanol–water partition coefficient (Wildman–Crippen LogP) is 4.12. The van der Waals surface area contributed by atoms with Gasteiger partial charge in [-0.1, -0.05) is 46.0 Å². The van der Waals surface area contributed by atoms with Crippen molar-refractivity contribution in [3.8, 4) is 6.07 Å². The lowest BCUT2D eigenvalue weighted by Crippen LogP contribution is -2.56. The monoisotopic (exact) mass is 471 g/mol. The quantitative estimate of drug-likeness (QED) is 0.457. The van der Waals surface area contributed by atoms with Gasteiger partial charge in [0.25, 0.3) is 11.8 Å². The van der Waals surface area contributed by atoms with Crippen molar-refractivity contribution in [2.75, 3.05) is 25.0 Å². The van der Waals surface area contributed by atoms with Crippen molar-refractivity contribution in [3.05, 3.63) is 27.3 Å². The Morgan fingerprint density at radius 2 is 1.79 bits per heavy atom. The molecule has 8 nitrogen and oxygen atoms in total. The first-order valence-corrected chi connectivity index (χ1v) is 11.9. The molecule has 0 radical (unpaired) electrons. The SMILES string of the molecule is CCN(CC)c1nc(C(C)C)c(/C=C2\C(=O)N(N(C)C(=O)C(C)(C)C)C(=O)C(C#N)=C2C)s1. The number of carbonyl (C=O) groups is 3. The van der Waals surface area contributed by atoms with Gasteiger partial charge in [0, 0.05) is 31.1 Å². The molecule has 0 spiro atoms. The summed E-state index contributed by atoms with van der Waals surface area (Å²) in [5, 5.41) is 12.3. The molecular weight excluding hydrogens is 438 g/mol. The minimum atomic E-state index is -0.816. The Morgan fingerprint density at radius 3 is 2.24 bits per heavy atom. The van der Waals surface area contributed by atoms with Crippen LogP contribution >= 0.6 is 11.3 Å². The van der Waals surface area contributed by atoms with E-state index in [-0.39, 0.29) is 17.1 Å². The van der Waals surface area contributed by atoms with Crippen LogP contribution in [0.1, 0.15) is 71.9 Å². The highest BCUT2D eigenvalue weighted by atomic mass is 32.1. The zero-order chi connectivity index (χ0) is 25.2. The van der Waals surface area contributed by atoms with Crippen molar-refractivity contribution in [1.29, 1.82) is 5.26 Å². The van der Waals surface area contributed by atoms with Crippen molar-refractivity contribution in [3.63, 3.8) is 0 Å². The molecule has 0 unspecified atom stereocenters. The summed E-state index contributed by atoms with van der Waals surface area (Å²) in [6.07, 6.45) is 1.70. The van der Waals surface area contributed by atoms with Gasteiger partial charge in [-0.2, -0.15) is 10.3 Å². The number of carbonyl (C=O) groups excluding carboxylic acids is 3. The Hall–Kier alpha value is -2.99. The van der Waals surface area contributed by atoms with Crippen LogP contribution in [0.4, 0.5) is 5.13 Å². The first-order chi connectivity index (χ1) is 15.3. The van der Waals surface area contributed by atoms with Gasteiger partial charge in [-0.15, -0.1) is 0 Å². The molecule has 0 saturated carbocycles. The van der Waals surface area contributed by atoms with Crippen molar-refractivity contribution < 1.29 is 14.4 Å². The average molecular weight is 472 g/mol. The maximum atomic E-state index is 13.5. The van der Waals surface area contributed by atoms with Gasteiger partial charge in [-0.05, 0) is 38.3 Å². The van der Waals surface area contributed by atoms with Gasteiger partial charge in [-0.25, -0.2) is 9.99 Å². The fourth-order valence-electron chi connectivity index (χ4n) is 3.53. The Balaban J connectivity index is 2.70. The number of amides is 3. The predicted molar refractivity (Wildman–Crippen MR) is 130 cm³/mol. The third kappa shape index (κ3) is 5.01. The van der Waals surface area contributed by atoms with E-state index in [4.69, 9.17) is 4.98 Å². The van der Waals surface area contributed by atoms with Crippen molar-refractivity contribution in [1.82, 2.24) is 15.0 Å². The van der Waals surface area contributed by atoms with Crippen molar-refractivity contribution in [2.24, 2.45) is 5.41 Å². The number of aromatic nitrogens is 1. The molecule has 9 heteroatoms. The molecule has 2 heterocycles. The second kappa shape index (κ2) is 9.87. The molecular formula is C24H33N5O3S. The molecule has 0 aromatic carbocycles. The highest BCUT2D eigenvalue weighted by molar-refractivity contribution is 7.16. The van der Waals surface area contributed by atoms with Crippen LogP contribution in [0.25, 0.3) is 6.08 Å². The standard InChI is InChI=1S/C24H33N5O3S/c1-10-28(11-2)23-26-19(14(3)4)18(33-23)12-16-15(5)17(13-25)21(31)29(20(16)30)27(9)22(32)24(6,7)8/h12,14H,10-11H2,1-9H3/b16-12-. The second-order valence-corrected chi connectivity index (χ2v) is 10.3. The van der Waals surface area contributed by atoms with E-state index in [1.54, 1.807) is 33.8 Å². The molecule has 1 aliphatic heterocycles. The molecule has 0 N–H and O–H groups in total. The van der Waals surface area contributed by atoms with Gasteiger partial charge < -0.3 is 4.90 Å². The molecule has 1 aromatic heterocycles. The van der Waals surface area contributed by atoms with E-state index in [1.165, 1.54) is 18.4 Å². The summed E-state index contributed by atoms with van der Waals surface area (Å²) in [6, 6.07) is 1.92. The van der Waals surface area contributed by atoms with Gasteiger partial charge in [0.15, 0.2) is 5.13 Å². The molecule has 1 aliphatic rings. The summed E-state index contributed by atoms with van der Waals surface area (Å²) < 4.78 is 0. The van der Waals surface area contributed by atoms with E-state index in [1.807, 2.05) is 19.9 Å². The number of hydrazine groups is 1. The number of rotatable bonds is 6. The van der Waals surface area contributed by atoms with Crippen LogP contribution < -0.4 is 4.90 Å². The van der Waals surface area contributed by atoms with E-state index in [2.05, 4.69) is 18.7 Å². The lowest BCUT2D eigenvalue weighted by atomic mass is 9.93. The average Bonchev–Trinajstić information content (AvgIpc) is 3.15. The summed E-state index contributed by atoms with van der Waals surface area (Å²) in [4.78, 5) is 47.0. The van der Waals surface area contributed by atoms with E-state index < -0.39 is 23.1 Å². The maximum absolute atomic E-state index is 13.5. The van der Waals surface area contributed by atoms with E-state index in [0.717, 1.165) is 38.8 Å². The number of imide groups is 1. The Kier molecular flexibility index (Phi) is 7.86. The van der Waals surface area contributed by atoms with E-state index in [9.17, 15) is 19.6 Å². The van der Waals surface area contributed by atoms with Crippen LogP contribution in [-0.2, 0) is 14.4 Å². The fraction of sp³-hybridized carbons (Fsp3) is 0.542. The minimum Gasteiger partial charge on any atom is -0.349 e. The summed E-state index contributed by atoms with van der Waals surface area (Å²) in [6.45, 7) is 16.5. The van der Waals surface area contributed by atoms with Crippen LogP contribution in [0.2, 0.25) is 0 Å². The third-order valence-corrected chi connectivity index (χ3v) is 6.56. The highest BCUT2D eigenvalue weighted by Gasteiger charge is 2.42. The second-order valence-electron chi connectivity index (χ2n) is 9.24. The Morgan fingerprint density at radius 1 is 1.21 bits per heavy atom. The number of anilines is 1. The van der Waals surface area contributed by atoms with Crippen molar-refractivity contribution in [2.45, 2.75) is 61.3 Å². The molecule has 0 bridgehead atoms. The van der Waals surface area contributed by atoms with Crippen LogP contribution in [0.15, 0.2) is 16.7 Å². The lowest BCUT2D eigenvalue weighted by Gasteiger charge is -2.36. The summed E-state index contributed by atoms with van der Waals surface area (Å²) in [5.74, 6) is -1.73. The van der Waals surface area contributed by atoms with Crippen LogP contribution in [0.5, 0.6) is 0 Å². The lowest BCUT2D eigenvalue weighted by molar-refractivity contribution is -0.171. The van der Waals surface area contributed by atoms with E-state index >= 15 is 0 Å². The number of nitrogens with zero attached hydrogens (tertiary/aromatic N) is 5. The highest BCUT2D eigenvalue weighted by Crippen LogP contribution is 2.35. The van der Waals surface area contributed by atoms with Gasteiger partial charge in [0.05, 0.1) is 10.6 Å². The topological polar surface area (TPSA) is 97.6 Å². The van der Waals surface area contributed by atoms with Crippen LogP contribution in [-0.4, -0.2) is 52.9 Å². The molecule has 0 saturated heterocycles. The number of hydrogen-bond acceptors (Lipinski definition) is 7. The van der Waals surface area contributed by atoms with E-state index in [0.29, 0.717) is 5.57 Å². The van der Waals surface area contributed by atoms with Crippen LogP contribution in [0.3, 0.4) is 0 Å². The summed E-state index contributed by atoms with van der Waals surface area (Å²) in [5.41, 5.74) is 0.373. The third-order valence-electron chi connectivity index (χ3n) is 5.48. The van der Waals surface area contributed by atoms with Gasteiger partial charge in [-0.3, -0.25) is 14.4 Å². The summed E-state index contributed by atoms with van der Waals surface area (Å²) in [7, 11) is 1.38. The smallest absolute Gasteiger partial charge is 0.290 e. The van der Waals surface area contributed by atoms with Crippen LogP contribution in [0, 0.1) is 16.7 Å². The Bertz CT molecular complexity index is 1060. The molecule has 33 heavy (non-hydrogen) atoms. The molecule has 0 fully saturated rings. The van der Waals surface area contributed by atoms with Gasteiger partial charge >= 0.3 is 0 Å². The van der Waals surface area contributed by atoms with Gasteiger partial charge in [0.2, 0.25) is 5.91 Å². The maximum Gasteiger partial charge on any atom is 0.290 e. The van der Waals surface area contributed by atoms with Crippen molar-refractivity contribution >= 4 is 40.3 Å². The normalized spacial score (nSPS) is 16.0. The molecule has 0 atom stereocenters. The minimum absolute atomic E-state index is 0.110. The molecule has 3 amide bonds. The zero-order valence-electron chi connectivity index (χ0n) is 20.9. The Labute approximate surface area is 200 Å². The number of hydrogen-bond donors (Lipinski definition) is 0. The first kappa shape index (κ1) is 26.3. The number of thiazole rings is 1. The largest absolute Gasteiger partial charge is 0.349 e. The number of nitriles is 1. The summed E-state index contributed by atoms with van der Waals surface area (Å²) >= 11 is 1.47. The zero-order valence-corrected chi connectivity index (χ0v) is 21.8. The molecule has 178 valence electrons.